The number of rotatable bonds is 6. The van der Waals surface area contributed by atoms with E-state index in [4.69, 9.17) is 0 Å². The fourth-order valence-electron chi connectivity index (χ4n) is 2.94. The van der Waals surface area contributed by atoms with Crippen LogP contribution in [0.25, 0.3) is 10.2 Å². The first-order valence-corrected chi connectivity index (χ1v) is 10.8. The van der Waals surface area contributed by atoms with E-state index in [2.05, 4.69) is 9.97 Å². The lowest BCUT2D eigenvalue weighted by atomic mass is 10.2. The van der Waals surface area contributed by atoms with E-state index in [0.29, 0.717) is 23.5 Å². The first-order valence-electron chi connectivity index (χ1n) is 8.89. The average molecular weight is 402 g/mol. The number of H-pyrrole nitrogens is 1. The number of thiophene rings is 1. The Morgan fingerprint density at radius 1 is 1.30 bits per heavy atom. The Morgan fingerprint density at radius 2 is 2.00 bits per heavy atom. The van der Waals surface area contributed by atoms with Gasteiger partial charge in [-0.2, -0.15) is 0 Å². The lowest BCUT2D eigenvalue weighted by Crippen LogP contribution is -2.36. The lowest BCUT2D eigenvalue weighted by Gasteiger charge is -2.24. The Balaban J connectivity index is 1.73. The van der Waals surface area contributed by atoms with Crippen LogP contribution >= 0.6 is 23.1 Å². The smallest absolute Gasteiger partial charge is 0.259 e. The van der Waals surface area contributed by atoms with Gasteiger partial charge in [0.15, 0.2) is 0 Å². The van der Waals surface area contributed by atoms with Crippen LogP contribution in [0.5, 0.6) is 0 Å². The topological polar surface area (TPSA) is 66.1 Å². The third kappa shape index (κ3) is 4.09. The molecule has 0 saturated carbocycles. The molecule has 3 aromatic rings. The van der Waals surface area contributed by atoms with Gasteiger partial charge in [-0.15, -0.1) is 23.1 Å². The molecular formula is C20H23N3O2S2. The maximum Gasteiger partial charge on any atom is 0.259 e. The second kappa shape index (κ2) is 8.27. The molecule has 0 aliphatic rings. The molecule has 0 radical (unpaired) electrons. The van der Waals surface area contributed by atoms with Crippen molar-refractivity contribution in [2.24, 2.45) is 0 Å². The third-order valence-electron chi connectivity index (χ3n) is 4.56. The number of aryl methyl sites for hydroxylation is 2. The zero-order valence-electron chi connectivity index (χ0n) is 15.9. The van der Waals surface area contributed by atoms with Gasteiger partial charge in [-0.25, -0.2) is 4.98 Å². The van der Waals surface area contributed by atoms with Gasteiger partial charge >= 0.3 is 0 Å². The van der Waals surface area contributed by atoms with Crippen molar-refractivity contribution in [3.05, 3.63) is 57.0 Å². The molecule has 0 saturated heterocycles. The van der Waals surface area contributed by atoms with E-state index < -0.39 is 0 Å². The summed E-state index contributed by atoms with van der Waals surface area (Å²) in [4.78, 5) is 36.3. The van der Waals surface area contributed by atoms with Crippen LogP contribution < -0.4 is 10.5 Å². The number of thioether (sulfide) groups is 1. The van der Waals surface area contributed by atoms with Crippen LogP contribution in [-0.4, -0.2) is 27.7 Å². The molecule has 1 amide bonds. The zero-order chi connectivity index (χ0) is 19.6. The highest BCUT2D eigenvalue weighted by molar-refractivity contribution is 7.99. The minimum absolute atomic E-state index is 0.0555. The number of hydrogen-bond donors (Lipinski definition) is 1. The fraction of sp³-hybridized carbons (Fsp3) is 0.350. The van der Waals surface area contributed by atoms with Crippen molar-refractivity contribution in [2.45, 2.75) is 38.7 Å². The van der Waals surface area contributed by atoms with Crippen molar-refractivity contribution < 1.29 is 4.79 Å². The van der Waals surface area contributed by atoms with E-state index in [9.17, 15) is 9.59 Å². The number of amides is 1. The van der Waals surface area contributed by atoms with E-state index in [0.717, 1.165) is 21.0 Å². The maximum absolute atomic E-state index is 12.8. The number of aromatic amines is 1. The molecule has 0 aliphatic heterocycles. The lowest BCUT2D eigenvalue weighted by molar-refractivity contribution is -0.117. The van der Waals surface area contributed by atoms with Crippen LogP contribution in [0.15, 0.2) is 35.1 Å². The van der Waals surface area contributed by atoms with Crippen molar-refractivity contribution >= 4 is 44.9 Å². The highest BCUT2D eigenvalue weighted by Gasteiger charge is 2.21. The van der Waals surface area contributed by atoms with Crippen LogP contribution in [0.2, 0.25) is 0 Å². The molecule has 1 aromatic carbocycles. The van der Waals surface area contributed by atoms with Gasteiger partial charge in [0.25, 0.3) is 5.56 Å². The number of carbonyl (C=O) groups is 1. The van der Waals surface area contributed by atoms with Gasteiger partial charge in [-0.3, -0.25) is 9.59 Å². The minimum Gasteiger partial charge on any atom is -0.312 e. The molecule has 3 rings (SSSR count). The molecule has 27 heavy (non-hydrogen) atoms. The third-order valence-corrected chi connectivity index (χ3v) is 6.80. The second-order valence-corrected chi connectivity index (χ2v) is 8.88. The van der Waals surface area contributed by atoms with Crippen molar-refractivity contribution in [1.29, 1.82) is 0 Å². The van der Waals surface area contributed by atoms with Gasteiger partial charge < -0.3 is 9.88 Å². The Labute approximate surface area is 166 Å². The Morgan fingerprint density at radius 3 is 2.67 bits per heavy atom. The van der Waals surface area contributed by atoms with Gasteiger partial charge in [0.1, 0.15) is 10.7 Å². The molecule has 0 unspecified atom stereocenters. The number of nitrogens with zero attached hydrogens (tertiary/aromatic N) is 2. The van der Waals surface area contributed by atoms with Crippen LogP contribution in [0, 0.1) is 13.8 Å². The number of aromatic nitrogens is 2. The molecule has 142 valence electrons. The summed E-state index contributed by atoms with van der Waals surface area (Å²) in [6.07, 6.45) is 0. The number of carbonyl (C=O) groups excluding carboxylic acids is 1. The van der Waals surface area contributed by atoms with E-state index in [1.807, 2.05) is 58.0 Å². The van der Waals surface area contributed by atoms with E-state index in [1.165, 1.54) is 23.1 Å². The molecule has 2 aromatic heterocycles. The standard InChI is InChI=1S/C20H23N3O2S2/c1-5-23(15-9-7-6-8-10-15)20(25)14(4)26-11-16-21-18(24)17-12(2)13(3)27-19(17)22-16/h6-10,14H,5,11H2,1-4H3,(H,21,22,24)/t14-/m0/s1. The number of benzene rings is 1. The van der Waals surface area contributed by atoms with Crippen LogP contribution in [-0.2, 0) is 10.5 Å². The van der Waals surface area contributed by atoms with Gasteiger partial charge in [0.2, 0.25) is 5.91 Å². The van der Waals surface area contributed by atoms with Crippen LogP contribution in [0.4, 0.5) is 5.69 Å². The highest BCUT2D eigenvalue weighted by atomic mass is 32.2. The minimum atomic E-state index is -0.238. The maximum atomic E-state index is 12.8. The van der Waals surface area contributed by atoms with Gasteiger partial charge in [0, 0.05) is 17.1 Å². The Bertz CT molecular complexity index is 1010. The summed E-state index contributed by atoms with van der Waals surface area (Å²) in [5, 5.41) is 0.439. The van der Waals surface area contributed by atoms with Crippen molar-refractivity contribution in [3.63, 3.8) is 0 Å². The van der Waals surface area contributed by atoms with Gasteiger partial charge in [-0.1, -0.05) is 18.2 Å². The number of hydrogen-bond acceptors (Lipinski definition) is 5. The fourth-order valence-corrected chi connectivity index (χ4v) is 4.80. The summed E-state index contributed by atoms with van der Waals surface area (Å²) < 4.78 is 0. The summed E-state index contributed by atoms with van der Waals surface area (Å²) in [6, 6.07) is 9.67. The molecule has 7 heteroatoms. The highest BCUT2D eigenvalue weighted by Crippen LogP contribution is 2.27. The quantitative estimate of drug-likeness (QED) is 0.670. The summed E-state index contributed by atoms with van der Waals surface area (Å²) >= 11 is 3.02. The first kappa shape index (κ1) is 19.6. The Kier molecular flexibility index (Phi) is 6.01. The normalized spacial score (nSPS) is 12.3. The number of para-hydroxylation sites is 1. The van der Waals surface area contributed by atoms with Crippen LogP contribution in [0.3, 0.4) is 0 Å². The summed E-state index contributed by atoms with van der Waals surface area (Å²) in [5.74, 6) is 1.15. The zero-order valence-corrected chi connectivity index (χ0v) is 17.5. The molecular weight excluding hydrogens is 378 g/mol. The largest absolute Gasteiger partial charge is 0.312 e. The second-order valence-electron chi connectivity index (χ2n) is 6.35. The average Bonchev–Trinajstić information content (AvgIpc) is 2.95. The number of anilines is 1. The monoisotopic (exact) mass is 401 g/mol. The molecule has 5 nitrogen and oxygen atoms in total. The molecule has 2 heterocycles. The summed E-state index contributed by atoms with van der Waals surface area (Å²) in [5.41, 5.74) is 1.79. The van der Waals surface area contributed by atoms with Crippen molar-refractivity contribution in [2.75, 3.05) is 11.4 Å². The van der Waals surface area contributed by atoms with E-state index in [1.54, 1.807) is 4.90 Å². The van der Waals surface area contributed by atoms with E-state index in [-0.39, 0.29) is 16.7 Å². The molecule has 1 atom stereocenters. The van der Waals surface area contributed by atoms with Crippen LogP contribution in [0.1, 0.15) is 30.1 Å². The molecule has 0 spiro atoms. The molecule has 0 aliphatic carbocycles. The number of fused-ring (bicyclic) bond motifs is 1. The predicted octanol–water partition coefficient (Wildman–Crippen LogP) is 4.28. The van der Waals surface area contributed by atoms with Gasteiger partial charge in [-0.05, 0) is 45.4 Å². The molecule has 0 bridgehead atoms. The van der Waals surface area contributed by atoms with Crippen molar-refractivity contribution in [3.8, 4) is 0 Å². The SMILES string of the molecule is CCN(C(=O)[C@H](C)SCc1nc2sc(C)c(C)c2c(=O)[nH]1)c1ccccc1. The summed E-state index contributed by atoms with van der Waals surface area (Å²) in [6.45, 7) is 8.43. The Hall–Kier alpha value is -2.12. The first-order chi connectivity index (χ1) is 12.9. The summed E-state index contributed by atoms with van der Waals surface area (Å²) in [7, 11) is 0. The molecule has 1 N–H and O–H groups in total. The van der Waals surface area contributed by atoms with Crippen molar-refractivity contribution in [1.82, 2.24) is 9.97 Å². The van der Waals surface area contributed by atoms with E-state index >= 15 is 0 Å². The molecule has 0 fully saturated rings. The van der Waals surface area contributed by atoms with Gasteiger partial charge in [0.05, 0.1) is 16.4 Å². The number of nitrogens with one attached hydrogen (secondary N) is 1. The predicted molar refractivity (Wildman–Crippen MR) is 115 cm³/mol.